The fourth-order valence-corrected chi connectivity index (χ4v) is 5.06. The van der Waals surface area contributed by atoms with Gasteiger partial charge in [0.1, 0.15) is 0 Å². The number of nitrogens with two attached hydrogens (primary N) is 4. The van der Waals surface area contributed by atoms with E-state index in [1.54, 1.807) is 12.1 Å². The van der Waals surface area contributed by atoms with Crippen LogP contribution < -0.4 is 22.9 Å². The maximum Gasteiger partial charge on any atom is 0.0337 e. The van der Waals surface area contributed by atoms with E-state index in [4.69, 9.17) is 22.9 Å². The molecule has 134 valence electrons. The largest absolute Gasteiger partial charge is 0.399 e. The molecule has 0 spiro atoms. The molecule has 0 aromatic heterocycles. The summed E-state index contributed by atoms with van der Waals surface area (Å²) < 4.78 is 0. The first-order chi connectivity index (χ1) is 12.3. The Bertz CT molecular complexity index is 843. The van der Waals surface area contributed by atoms with Crippen LogP contribution in [-0.2, 0) is 0 Å². The summed E-state index contributed by atoms with van der Waals surface area (Å²) in [5.41, 5.74) is 29.3. The van der Waals surface area contributed by atoms with Gasteiger partial charge in [-0.2, -0.15) is 0 Å². The maximum absolute atomic E-state index is 6.09. The maximum atomic E-state index is 6.09. The van der Waals surface area contributed by atoms with Crippen LogP contribution in [0.3, 0.4) is 0 Å². The van der Waals surface area contributed by atoms with Crippen LogP contribution in [0, 0.1) is 29.1 Å². The number of rotatable bonds is 2. The molecule has 1 fully saturated rings. The summed E-state index contributed by atoms with van der Waals surface area (Å²) in [6, 6.07) is 11.8. The summed E-state index contributed by atoms with van der Waals surface area (Å²) in [5, 5.41) is 0. The van der Waals surface area contributed by atoms with E-state index in [1.165, 1.54) is 11.8 Å². The minimum atomic E-state index is -0.138. The molecule has 1 saturated carbocycles. The first-order valence-electron chi connectivity index (χ1n) is 9.01. The van der Waals surface area contributed by atoms with Crippen molar-refractivity contribution in [2.75, 3.05) is 22.9 Å². The summed E-state index contributed by atoms with van der Waals surface area (Å²) in [5.74, 6) is 3.53. The molecular weight excluding hydrogens is 320 g/mol. The second kappa shape index (κ2) is 5.70. The Morgan fingerprint density at radius 3 is 1.69 bits per heavy atom. The number of anilines is 4. The molecule has 4 rings (SSSR count). The average molecular weight is 346 g/mol. The van der Waals surface area contributed by atoms with Gasteiger partial charge in [-0.05, 0) is 71.2 Å². The summed E-state index contributed by atoms with van der Waals surface area (Å²) in [6.45, 7) is 4.56. The number of benzene rings is 2. The summed E-state index contributed by atoms with van der Waals surface area (Å²) in [4.78, 5) is 0. The Morgan fingerprint density at radius 2 is 1.19 bits per heavy atom. The molecule has 0 heterocycles. The van der Waals surface area contributed by atoms with Gasteiger partial charge in [0.05, 0.1) is 0 Å². The number of allylic oxidation sites excluding steroid dienone is 2. The average Bonchev–Trinajstić information content (AvgIpc) is 3.01. The molecule has 2 aromatic carbocycles. The van der Waals surface area contributed by atoms with E-state index in [1.807, 2.05) is 24.3 Å². The fourth-order valence-electron chi connectivity index (χ4n) is 5.06. The SMILES string of the molecule is CC1(C)[C](c2cc(N)cc(N)c2)C2C=CCC2[C]1c1cc(N)cc(N)c1. The van der Waals surface area contributed by atoms with Crippen LogP contribution in [0.25, 0.3) is 0 Å². The van der Waals surface area contributed by atoms with E-state index in [9.17, 15) is 0 Å². The molecule has 2 radical (unpaired) electrons. The van der Waals surface area contributed by atoms with Gasteiger partial charge in [0.15, 0.2) is 0 Å². The zero-order valence-corrected chi connectivity index (χ0v) is 15.3. The third kappa shape index (κ3) is 2.52. The van der Waals surface area contributed by atoms with Gasteiger partial charge in [0.25, 0.3) is 0 Å². The van der Waals surface area contributed by atoms with E-state index in [-0.39, 0.29) is 5.41 Å². The molecule has 2 atom stereocenters. The van der Waals surface area contributed by atoms with Gasteiger partial charge in [0.2, 0.25) is 0 Å². The molecule has 2 aromatic rings. The van der Waals surface area contributed by atoms with Crippen LogP contribution in [0.4, 0.5) is 22.7 Å². The Balaban J connectivity index is 1.85. The minimum Gasteiger partial charge on any atom is -0.399 e. The summed E-state index contributed by atoms with van der Waals surface area (Å²) >= 11 is 0. The first kappa shape index (κ1) is 16.8. The predicted octanol–water partition coefficient (Wildman–Crippen LogP) is 3.79. The molecule has 26 heavy (non-hydrogen) atoms. The number of hydrogen-bond acceptors (Lipinski definition) is 4. The van der Waals surface area contributed by atoms with Crippen molar-refractivity contribution in [1.82, 2.24) is 0 Å². The van der Waals surface area contributed by atoms with Gasteiger partial charge in [-0.3, -0.25) is 0 Å². The van der Waals surface area contributed by atoms with Gasteiger partial charge < -0.3 is 22.9 Å². The molecule has 0 aliphatic heterocycles. The van der Waals surface area contributed by atoms with Crippen LogP contribution in [0.1, 0.15) is 31.4 Å². The second-order valence-electron chi connectivity index (χ2n) is 8.03. The second-order valence-corrected chi connectivity index (χ2v) is 8.03. The summed E-state index contributed by atoms with van der Waals surface area (Å²) in [7, 11) is 0. The Morgan fingerprint density at radius 1 is 0.731 bits per heavy atom. The fraction of sp³-hybridized carbons (Fsp3) is 0.273. The lowest BCUT2D eigenvalue weighted by Gasteiger charge is -2.35. The minimum absolute atomic E-state index is 0.138. The lowest BCUT2D eigenvalue weighted by atomic mass is 9.68. The number of hydrogen-bond donors (Lipinski definition) is 4. The molecule has 4 nitrogen and oxygen atoms in total. The molecule has 0 saturated heterocycles. The van der Waals surface area contributed by atoms with Crippen LogP contribution in [0.5, 0.6) is 0 Å². The van der Waals surface area contributed by atoms with Gasteiger partial charge in [-0.25, -0.2) is 0 Å². The van der Waals surface area contributed by atoms with Crippen LogP contribution in [0.2, 0.25) is 0 Å². The highest BCUT2D eigenvalue weighted by atomic mass is 14.6. The predicted molar refractivity (Wildman–Crippen MR) is 110 cm³/mol. The Labute approximate surface area is 155 Å². The van der Waals surface area contributed by atoms with E-state index >= 15 is 0 Å². The van der Waals surface area contributed by atoms with E-state index in [0.717, 1.165) is 17.5 Å². The van der Waals surface area contributed by atoms with Crippen molar-refractivity contribution < 1.29 is 0 Å². The van der Waals surface area contributed by atoms with Crippen molar-refractivity contribution in [2.45, 2.75) is 20.3 Å². The zero-order chi connectivity index (χ0) is 18.6. The quantitative estimate of drug-likeness (QED) is 0.490. The molecule has 0 amide bonds. The van der Waals surface area contributed by atoms with Crippen molar-refractivity contribution >= 4 is 22.7 Å². The van der Waals surface area contributed by atoms with Crippen molar-refractivity contribution in [3.63, 3.8) is 0 Å². The molecular formula is C22H26N4. The van der Waals surface area contributed by atoms with Gasteiger partial charge in [0, 0.05) is 34.6 Å². The Kier molecular flexibility index (Phi) is 3.69. The van der Waals surface area contributed by atoms with Gasteiger partial charge in [-0.1, -0.05) is 26.0 Å². The topological polar surface area (TPSA) is 104 Å². The highest BCUT2D eigenvalue weighted by Crippen LogP contribution is 2.64. The van der Waals surface area contributed by atoms with Crippen molar-refractivity contribution in [3.05, 3.63) is 71.5 Å². The molecule has 2 aliphatic rings. The lowest BCUT2D eigenvalue weighted by molar-refractivity contribution is 0.451. The van der Waals surface area contributed by atoms with Crippen LogP contribution in [-0.4, -0.2) is 0 Å². The first-order valence-corrected chi connectivity index (χ1v) is 9.01. The highest BCUT2D eigenvalue weighted by molar-refractivity contribution is 5.65. The normalized spacial score (nSPS) is 24.8. The van der Waals surface area contributed by atoms with Crippen LogP contribution in [0.15, 0.2) is 48.6 Å². The summed E-state index contributed by atoms with van der Waals surface area (Å²) in [6.07, 6.45) is 5.62. The van der Waals surface area contributed by atoms with Crippen molar-refractivity contribution in [1.29, 1.82) is 0 Å². The Hall–Kier alpha value is -2.62. The molecule has 2 unspecified atom stereocenters. The molecule has 0 bridgehead atoms. The van der Waals surface area contributed by atoms with Crippen LogP contribution >= 0.6 is 0 Å². The molecule has 2 aliphatic carbocycles. The molecule has 4 heteroatoms. The number of nitrogen functional groups attached to an aromatic ring is 4. The molecule has 8 N–H and O–H groups in total. The van der Waals surface area contributed by atoms with E-state index in [2.05, 4.69) is 26.0 Å². The monoisotopic (exact) mass is 346 g/mol. The van der Waals surface area contributed by atoms with E-state index in [0.29, 0.717) is 34.6 Å². The van der Waals surface area contributed by atoms with Gasteiger partial charge in [-0.15, -0.1) is 0 Å². The zero-order valence-electron chi connectivity index (χ0n) is 15.3. The number of fused-ring (bicyclic) bond motifs is 1. The smallest absolute Gasteiger partial charge is 0.0337 e. The van der Waals surface area contributed by atoms with Gasteiger partial charge >= 0.3 is 0 Å². The van der Waals surface area contributed by atoms with E-state index < -0.39 is 0 Å². The van der Waals surface area contributed by atoms with Crippen molar-refractivity contribution in [3.8, 4) is 0 Å². The third-order valence-corrected chi connectivity index (χ3v) is 5.80. The third-order valence-electron chi connectivity index (χ3n) is 5.80. The standard InChI is InChI=1S/C22H26N4/c1-22(2)20(12-6-14(23)10-15(24)7-12)18-4-3-5-19(18)21(22)13-8-16(25)11-17(26)9-13/h3-4,6-11,18-19H,5,23-26H2,1-2H3. The highest BCUT2D eigenvalue weighted by Gasteiger charge is 2.57. The van der Waals surface area contributed by atoms with Crippen molar-refractivity contribution in [2.24, 2.45) is 17.3 Å². The lowest BCUT2D eigenvalue weighted by Crippen LogP contribution is -2.26.